The number of nitrogens with zero attached hydrogens (tertiary/aromatic N) is 1. The maximum Gasteiger partial charge on any atom is 0.243 e. The topological polar surface area (TPSA) is 78.5 Å². The fourth-order valence-electron chi connectivity index (χ4n) is 3.12. The quantitative estimate of drug-likeness (QED) is 0.834. The van der Waals surface area contributed by atoms with Crippen molar-refractivity contribution in [3.8, 4) is 0 Å². The lowest BCUT2D eigenvalue weighted by Crippen LogP contribution is -2.59. The lowest BCUT2D eigenvalue weighted by atomic mass is 9.87. The average molecular weight is 388 g/mol. The molecule has 0 spiro atoms. The summed E-state index contributed by atoms with van der Waals surface area (Å²) in [6.07, 6.45) is 0.311. The molecule has 0 radical (unpaired) electrons. The number of hydrogen-bond acceptors (Lipinski definition) is 3. The van der Waals surface area contributed by atoms with Crippen molar-refractivity contribution in [2.45, 2.75) is 72.4 Å². The summed E-state index contributed by atoms with van der Waals surface area (Å²) in [7, 11) is 0. The second-order valence-electron chi connectivity index (χ2n) is 9.74. The summed E-state index contributed by atoms with van der Waals surface area (Å²) in [6, 6.07) is 7.36. The monoisotopic (exact) mass is 387 g/mol. The van der Waals surface area contributed by atoms with Crippen LogP contribution in [0.1, 0.15) is 65.5 Å². The van der Waals surface area contributed by atoms with E-state index in [0.717, 1.165) is 5.56 Å². The molecule has 1 aromatic rings. The Morgan fingerprint density at radius 1 is 1.11 bits per heavy atom. The third-order valence-corrected chi connectivity index (χ3v) is 4.79. The molecule has 1 fully saturated rings. The summed E-state index contributed by atoms with van der Waals surface area (Å²) in [4.78, 5) is 38.7. The van der Waals surface area contributed by atoms with E-state index in [0.29, 0.717) is 13.0 Å². The van der Waals surface area contributed by atoms with Crippen LogP contribution in [-0.2, 0) is 26.3 Å². The van der Waals surface area contributed by atoms with Crippen LogP contribution in [0.3, 0.4) is 0 Å². The molecule has 154 valence electrons. The van der Waals surface area contributed by atoms with Gasteiger partial charge in [-0.2, -0.15) is 0 Å². The van der Waals surface area contributed by atoms with Gasteiger partial charge in [0, 0.05) is 13.0 Å². The van der Waals surface area contributed by atoms with Crippen molar-refractivity contribution in [3.05, 3.63) is 35.4 Å². The number of rotatable bonds is 4. The zero-order chi connectivity index (χ0) is 21.1. The van der Waals surface area contributed by atoms with Crippen LogP contribution in [0.2, 0.25) is 0 Å². The number of carbonyl (C=O) groups excluding carboxylic acids is 3. The molecule has 1 aromatic carbocycles. The predicted octanol–water partition coefficient (Wildman–Crippen LogP) is 2.71. The van der Waals surface area contributed by atoms with Crippen LogP contribution >= 0.6 is 0 Å². The standard InChI is InChI=1S/C22H33N3O3/c1-21(2,3)12-19(27)25-14-24-18(26)11-17(25)20(28)23-13-15-7-9-16(10-8-15)22(4,5)6/h7-10,17H,11-14H2,1-6H3,(H,23,28)(H,24,26). The minimum atomic E-state index is -0.766. The molecule has 6 heteroatoms. The van der Waals surface area contributed by atoms with Crippen molar-refractivity contribution in [2.24, 2.45) is 5.41 Å². The van der Waals surface area contributed by atoms with Crippen LogP contribution in [0.25, 0.3) is 0 Å². The van der Waals surface area contributed by atoms with Gasteiger partial charge in [0.2, 0.25) is 17.7 Å². The van der Waals surface area contributed by atoms with Crippen molar-refractivity contribution in [1.82, 2.24) is 15.5 Å². The molecule has 0 bridgehead atoms. The van der Waals surface area contributed by atoms with Crippen molar-refractivity contribution < 1.29 is 14.4 Å². The predicted molar refractivity (Wildman–Crippen MR) is 109 cm³/mol. The van der Waals surface area contributed by atoms with Crippen LogP contribution in [0.4, 0.5) is 0 Å². The SMILES string of the molecule is CC(C)(C)CC(=O)N1CNC(=O)CC1C(=O)NCc1ccc(C(C)(C)C)cc1. The molecule has 3 amide bonds. The normalized spacial score (nSPS) is 17.9. The fraction of sp³-hybridized carbons (Fsp3) is 0.591. The number of benzene rings is 1. The van der Waals surface area contributed by atoms with Gasteiger partial charge in [-0.05, 0) is 22.0 Å². The Balaban J connectivity index is 2.03. The van der Waals surface area contributed by atoms with Gasteiger partial charge in [-0.15, -0.1) is 0 Å². The molecule has 1 unspecified atom stereocenters. The zero-order valence-electron chi connectivity index (χ0n) is 17.9. The lowest BCUT2D eigenvalue weighted by Gasteiger charge is -2.36. The third-order valence-electron chi connectivity index (χ3n) is 4.79. The highest BCUT2D eigenvalue weighted by Crippen LogP contribution is 2.23. The number of nitrogens with one attached hydrogen (secondary N) is 2. The van der Waals surface area contributed by atoms with Gasteiger partial charge in [-0.1, -0.05) is 65.8 Å². The van der Waals surface area contributed by atoms with Crippen molar-refractivity contribution in [1.29, 1.82) is 0 Å². The lowest BCUT2D eigenvalue weighted by molar-refractivity contribution is -0.148. The Morgan fingerprint density at radius 2 is 1.71 bits per heavy atom. The number of carbonyl (C=O) groups is 3. The number of hydrogen-bond donors (Lipinski definition) is 2. The molecule has 1 heterocycles. The maximum atomic E-state index is 12.7. The minimum absolute atomic E-state index is 0.00925. The van der Waals surface area contributed by atoms with E-state index in [-0.39, 0.29) is 41.6 Å². The van der Waals surface area contributed by atoms with Gasteiger partial charge in [0.05, 0.1) is 13.1 Å². The number of amides is 3. The largest absolute Gasteiger partial charge is 0.350 e. The first-order valence-electron chi connectivity index (χ1n) is 9.80. The first-order chi connectivity index (χ1) is 12.9. The van der Waals surface area contributed by atoms with Gasteiger partial charge in [0.25, 0.3) is 0 Å². The molecular weight excluding hydrogens is 354 g/mol. The molecule has 1 atom stereocenters. The molecule has 1 aliphatic heterocycles. The van der Waals surface area contributed by atoms with Gasteiger partial charge in [-0.3, -0.25) is 14.4 Å². The summed E-state index contributed by atoms with van der Waals surface area (Å²) < 4.78 is 0. The van der Waals surface area contributed by atoms with E-state index in [1.54, 1.807) is 0 Å². The Labute approximate surface area is 168 Å². The van der Waals surface area contributed by atoms with E-state index < -0.39 is 6.04 Å². The van der Waals surface area contributed by atoms with Crippen molar-refractivity contribution in [3.63, 3.8) is 0 Å². The highest BCUT2D eigenvalue weighted by molar-refractivity contribution is 5.93. The van der Waals surface area contributed by atoms with Crippen molar-refractivity contribution in [2.75, 3.05) is 6.67 Å². The van der Waals surface area contributed by atoms with Gasteiger partial charge in [0.15, 0.2) is 0 Å². The first kappa shape index (κ1) is 21.9. The van der Waals surface area contributed by atoms with E-state index in [1.807, 2.05) is 32.9 Å². The summed E-state index contributed by atoms with van der Waals surface area (Å²) in [5.41, 5.74) is 2.10. The molecule has 1 saturated heterocycles. The second kappa shape index (κ2) is 8.33. The molecular formula is C22H33N3O3. The van der Waals surface area contributed by atoms with Crippen LogP contribution in [0.15, 0.2) is 24.3 Å². The smallest absolute Gasteiger partial charge is 0.243 e. The molecule has 1 aliphatic rings. The van der Waals surface area contributed by atoms with E-state index in [4.69, 9.17) is 0 Å². The van der Waals surface area contributed by atoms with Gasteiger partial charge in [0.1, 0.15) is 6.04 Å². The minimum Gasteiger partial charge on any atom is -0.350 e. The third kappa shape index (κ3) is 6.08. The Hall–Kier alpha value is -2.37. The molecule has 0 aliphatic carbocycles. The fourth-order valence-corrected chi connectivity index (χ4v) is 3.12. The average Bonchev–Trinajstić information content (AvgIpc) is 2.57. The molecule has 0 saturated carbocycles. The Kier molecular flexibility index (Phi) is 6.52. The van der Waals surface area contributed by atoms with Gasteiger partial charge >= 0.3 is 0 Å². The van der Waals surface area contributed by atoms with E-state index in [2.05, 4.69) is 43.5 Å². The molecule has 2 rings (SSSR count). The summed E-state index contributed by atoms with van der Waals surface area (Å²) >= 11 is 0. The highest BCUT2D eigenvalue weighted by Gasteiger charge is 2.36. The van der Waals surface area contributed by atoms with Crippen LogP contribution in [0.5, 0.6) is 0 Å². The van der Waals surface area contributed by atoms with Crippen molar-refractivity contribution >= 4 is 17.7 Å². The highest BCUT2D eigenvalue weighted by atomic mass is 16.2. The Morgan fingerprint density at radius 3 is 2.25 bits per heavy atom. The van der Waals surface area contributed by atoms with E-state index in [9.17, 15) is 14.4 Å². The Bertz CT molecular complexity index is 727. The van der Waals surface area contributed by atoms with Gasteiger partial charge in [-0.25, -0.2) is 0 Å². The van der Waals surface area contributed by atoms with Gasteiger partial charge < -0.3 is 15.5 Å². The summed E-state index contributed by atoms with van der Waals surface area (Å²) in [5, 5.41) is 5.55. The molecule has 28 heavy (non-hydrogen) atoms. The summed E-state index contributed by atoms with van der Waals surface area (Å²) in [5.74, 6) is -0.631. The zero-order valence-corrected chi connectivity index (χ0v) is 17.9. The first-order valence-corrected chi connectivity index (χ1v) is 9.80. The molecule has 6 nitrogen and oxygen atoms in total. The van der Waals surface area contributed by atoms with Crippen LogP contribution < -0.4 is 10.6 Å². The molecule has 0 aromatic heterocycles. The van der Waals surface area contributed by atoms with Crippen LogP contribution in [-0.4, -0.2) is 35.3 Å². The van der Waals surface area contributed by atoms with Crippen LogP contribution in [0, 0.1) is 5.41 Å². The maximum absolute atomic E-state index is 12.7. The summed E-state index contributed by atoms with van der Waals surface area (Å²) in [6.45, 7) is 12.8. The second-order valence-corrected chi connectivity index (χ2v) is 9.74. The van der Waals surface area contributed by atoms with E-state index >= 15 is 0 Å². The molecule has 2 N–H and O–H groups in total. The van der Waals surface area contributed by atoms with E-state index in [1.165, 1.54) is 10.5 Å².